The lowest BCUT2D eigenvalue weighted by Gasteiger charge is -2.08. The molecule has 4 rings (SSSR count). The molecule has 3 aromatic rings. The Balaban J connectivity index is 1.25. The van der Waals surface area contributed by atoms with Crippen molar-refractivity contribution >= 4 is 23.2 Å². The highest BCUT2D eigenvalue weighted by Crippen LogP contribution is 2.19. The maximum Gasteiger partial charge on any atom is 0.264 e. The highest BCUT2D eigenvalue weighted by molar-refractivity contribution is 6.30. The molecule has 0 saturated carbocycles. The van der Waals surface area contributed by atoms with Crippen LogP contribution in [0.1, 0.15) is 17.9 Å². The summed E-state index contributed by atoms with van der Waals surface area (Å²) in [5, 5.41) is 11.4. The number of benzene rings is 2. The number of hydrogen-bond acceptors (Lipinski definition) is 6. The fraction of sp³-hybridized carbons (Fsp3) is 0.200. The number of amides is 1. The molecule has 0 radical (unpaired) electrons. The van der Waals surface area contributed by atoms with Gasteiger partial charge in [0.15, 0.2) is 0 Å². The van der Waals surface area contributed by atoms with Gasteiger partial charge in [0, 0.05) is 30.0 Å². The molecule has 1 aliphatic heterocycles. The zero-order valence-corrected chi connectivity index (χ0v) is 15.6. The minimum atomic E-state index is -0.645. The molecule has 1 aromatic heterocycles. The van der Waals surface area contributed by atoms with Gasteiger partial charge in [0.1, 0.15) is 0 Å². The van der Waals surface area contributed by atoms with Gasteiger partial charge in [0.05, 0.1) is 5.71 Å². The normalized spacial score (nSPS) is 15.8. The first-order chi connectivity index (χ1) is 13.7. The van der Waals surface area contributed by atoms with Crippen LogP contribution < -0.4 is 5.32 Å². The molecule has 0 spiro atoms. The molecule has 1 amide bonds. The van der Waals surface area contributed by atoms with Gasteiger partial charge in [-0.1, -0.05) is 64.4 Å². The van der Waals surface area contributed by atoms with Crippen molar-refractivity contribution in [3.63, 3.8) is 0 Å². The largest absolute Gasteiger partial charge is 0.382 e. The number of carbonyl (C=O) groups excluding carboxylic acids is 1. The Morgan fingerprint density at radius 3 is 2.68 bits per heavy atom. The highest BCUT2D eigenvalue weighted by Gasteiger charge is 2.28. The molecule has 0 saturated heterocycles. The molecule has 28 heavy (non-hydrogen) atoms. The van der Waals surface area contributed by atoms with Crippen LogP contribution in [0.2, 0.25) is 5.02 Å². The van der Waals surface area contributed by atoms with E-state index >= 15 is 0 Å². The molecular weight excluding hydrogens is 380 g/mol. The summed E-state index contributed by atoms with van der Waals surface area (Å²) in [5.41, 5.74) is 2.49. The monoisotopic (exact) mass is 396 g/mol. The summed E-state index contributed by atoms with van der Waals surface area (Å²) in [6.45, 7) is 0.366. The van der Waals surface area contributed by atoms with E-state index in [1.54, 1.807) is 12.1 Å². The van der Waals surface area contributed by atoms with Crippen LogP contribution in [0.4, 0.5) is 0 Å². The van der Waals surface area contributed by atoms with Crippen molar-refractivity contribution in [2.24, 2.45) is 5.16 Å². The molecule has 0 aliphatic carbocycles. The molecule has 0 fully saturated rings. The summed E-state index contributed by atoms with van der Waals surface area (Å²) < 4.78 is 5.23. The second-order valence-corrected chi connectivity index (χ2v) is 6.70. The first-order valence-corrected chi connectivity index (χ1v) is 9.21. The molecule has 2 heterocycles. The lowest BCUT2D eigenvalue weighted by atomic mass is 10.0. The van der Waals surface area contributed by atoms with E-state index in [4.69, 9.17) is 21.0 Å². The number of oxime groups is 1. The quantitative estimate of drug-likeness (QED) is 0.690. The first-order valence-electron chi connectivity index (χ1n) is 8.83. The van der Waals surface area contributed by atoms with Gasteiger partial charge in [0.25, 0.3) is 5.91 Å². The third kappa shape index (κ3) is 4.20. The summed E-state index contributed by atoms with van der Waals surface area (Å²) in [6, 6.07) is 16.8. The van der Waals surface area contributed by atoms with E-state index in [1.807, 2.05) is 42.5 Å². The lowest BCUT2D eigenvalue weighted by Crippen LogP contribution is -2.36. The van der Waals surface area contributed by atoms with Crippen molar-refractivity contribution in [3.05, 3.63) is 71.1 Å². The van der Waals surface area contributed by atoms with Gasteiger partial charge in [-0.05, 0) is 17.7 Å². The van der Waals surface area contributed by atoms with E-state index in [0.717, 1.165) is 16.8 Å². The van der Waals surface area contributed by atoms with Gasteiger partial charge in [-0.2, -0.15) is 4.98 Å². The van der Waals surface area contributed by atoms with Gasteiger partial charge in [-0.3, -0.25) is 4.79 Å². The molecule has 0 bridgehead atoms. The Labute approximate surface area is 166 Å². The second-order valence-electron chi connectivity index (χ2n) is 6.26. The van der Waals surface area contributed by atoms with Crippen molar-refractivity contribution < 1.29 is 14.2 Å². The van der Waals surface area contributed by atoms with Crippen LogP contribution in [0.5, 0.6) is 0 Å². The minimum absolute atomic E-state index is 0.226. The fourth-order valence-electron chi connectivity index (χ4n) is 2.80. The minimum Gasteiger partial charge on any atom is -0.382 e. The number of carbonyl (C=O) groups is 1. The Hall–Kier alpha value is -3.19. The lowest BCUT2D eigenvalue weighted by molar-refractivity contribution is -0.131. The zero-order valence-electron chi connectivity index (χ0n) is 14.8. The van der Waals surface area contributed by atoms with Crippen molar-refractivity contribution in [1.29, 1.82) is 0 Å². The average molecular weight is 397 g/mol. The molecule has 1 atom stereocenters. The van der Waals surface area contributed by atoms with Crippen LogP contribution in [0, 0.1) is 0 Å². The van der Waals surface area contributed by atoms with Crippen LogP contribution >= 0.6 is 11.6 Å². The number of nitrogens with zero attached hydrogens (tertiary/aromatic N) is 3. The van der Waals surface area contributed by atoms with Gasteiger partial charge in [0.2, 0.25) is 17.8 Å². The van der Waals surface area contributed by atoms with Crippen molar-refractivity contribution in [1.82, 2.24) is 15.5 Å². The number of rotatable bonds is 6. The van der Waals surface area contributed by atoms with Crippen LogP contribution in [0.15, 0.2) is 64.3 Å². The van der Waals surface area contributed by atoms with Gasteiger partial charge >= 0.3 is 0 Å². The number of halogens is 1. The standard InChI is InChI=1S/C20H17ClN4O3/c21-15-8-6-13(7-9-15)16-12-17(27-24-16)20(26)22-11-10-18-23-19(25-28-18)14-4-2-1-3-5-14/h1-9,17H,10-12H2,(H,22,26)/t17-/m1/s1. The van der Waals surface area contributed by atoms with Crippen LogP contribution in [0.3, 0.4) is 0 Å². The van der Waals surface area contributed by atoms with Crippen molar-refractivity contribution in [3.8, 4) is 11.4 Å². The number of hydrogen-bond donors (Lipinski definition) is 1. The molecular formula is C20H17ClN4O3. The van der Waals surface area contributed by atoms with E-state index in [2.05, 4.69) is 20.6 Å². The molecule has 0 unspecified atom stereocenters. The third-order valence-corrected chi connectivity index (χ3v) is 4.53. The predicted molar refractivity (Wildman–Crippen MR) is 104 cm³/mol. The molecule has 2 aromatic carbocycles. The van der Waals surface area contributed by atoms with E-state index in [1.165, 1.54) is 0 Å². The van der Waals surface area contributed by atoms with E-state index in [0.29, 0.717) is 36.1 Å². The van der Waals surface area contributed by atoms with E-state index in [-0.39, 0.29) is 5.91 Å². The Bertz CT molecular complexity index is 986. The Morgan fingerprint density at radius 2 is 1.89 bits per heavy atom. The SMILES string of the molecule is O=C(NCCc1nc(-c2ccccc2)no1)[C@H]1CC(c2ccc(Cl)cc2)=NO1. The van der Waals surface area contributed by atoms with E-state index < -0.39 is 6.10 Å². The Kier molecular flexibility index (Phi) is 5.34. The average Bonchev–Trinajstić information content (AvgIpc) is 3.39. The number of aromatic nitrogens is 2. The summed E-state index contributed by atoms with van der Waals surface area (Å²) in [6.07, 6.45) is 0.197. The first kappa shape index (κ1) is 18.2. The second kappa shape index (κ2) is 8.22. The molecule has 8 heteroatoms. The van der Waals surface area contributed by atoms with Crippen molar-refractivity contribution in [2.45, 2.75) is 18.9 Å². The summed E-state index contributed by atoms with van der Waals surface area (Å²) in [4.78, 5) is 21.9. The topological polar surface area (TPSA) is 89.6 Å². The number of nitrogens with one attached hydrogen (secondary N) is 1. The maximum atomic E-state index is 12.3. The van der Waals surface area contributed by atoms with Gasteiger partial charge in [-0.25, -0.2) is 0 Å². The highest BCUT2D eigenvalue weighted by atomic mass is 35.5. The zero-order chi connectivity index (χ0) is 19.3. The molecule has 142 valence electrons. The van der Waals surface area contributed by atoms with Gasteiger partial charge < -0.3 is 14.7 Å². The van der Waals surface area contributed by atoms with Crippen molar-refractivity contribution in [2.75, 3.05) is 6.54 Å². The molecule has 1 aliphatic rings. The fourth-order valence-corrected chi connectivity index (χ4v) is 2.92. The third-order valence-electron chi connectivity index (χ3n) is 4.28. The smallest absolute Gasteiger partial charge is 0.264 e. The molecule has 7 nitrogen and oxygen atoms in total. The van der Waals surface area contributed by atoms with E-state index in [9.17, 15) is 4.79 Å². The van der Waals surface area contributed by atoms with Crippen LogP contribution in [0.25, 0.3) is 11.4 Å². The van der Waals surface area contributed by atoms with Gasteiger partial charge in [-0.15, -0.1) is 0 Å². The molecule has 1 N–H and O–H groups in total. The van der Waals surface area contributed by atoms with Crippen LogP contribution in [-0.4, -0.2) is 34.4 Å². The summed E-state index contributed by atoms with van der Waals surface area (Å²) >= 11 is 5.89. The summed E-state index contributed by atoms with van der Waals surface area (Å²) in [5.74, 6) is 0.766. The summed E-state index contributed by atoms with van der Waals surface area (Å²) in [7, 11) is 0. The Morgan fingerprint density at radius 1 is 1.11 bits per heavy atom. The van der Waals surface area contributed by atoms with Crippen LogP contribution in [-0.2, 0) is 16.1 Å². The maximum absolute atomic E-state index is 12.3. The predicted octanol–water partition coefficient (Wildman–Crippen LogP) is 3.24.